The van der Waals surface area contributed by atoms with Crippen LogP contribution >= 0.6 is 17.0 Å². The lowest BCUT2D eigenvalue weighted by Crippen LogP contribution is -2.38. The molecule has 0 aromatic heterocycles. The van der Waals surface area contributed by atoms with Crippen molar-refractivity contribution in [1.29, 1.82) is 0 Å². The number of nitrogens with one attached hydrogen (secondary N) is 1. The van der Waals surface area contributed by atoms with Gasteiger partial charge in [0, 0.05) is 12.6 Å². The zero-order valence-electron chi connectivity index (χ0n) is 13.7. The van der Waals surface area contributed by atoms with Crippen LogP contribution < -0.4 is 11.1 Å². The zero-order chi connectivity index (χ0) is 15.1. The molecule has 0 amide bonds. The Balaban J connectivity index is 0.00000242. The largest absolute Gasteiger partial charge is 0.370 e. The number of nitrogens with zero attached hydrogens (tertiary/aromatic N) is 2. The Labute approximate surface area is 144 Å². The number of aliphatic imine (C=N–C) groups is 1. The Bertz CT molecular complexity index is 469. The standard InChI is InChI=1S/C17H28N4.BrH/c1-3-14(2)20-17(18)19-12-15-8-4-5-9-16(15)13-21-10-6-7-11-21;/h4-5,8-9,14H,3,6-7,10-13H2,1-2H3,(H3,18,19,20);1H. The fourth-order valence-electron chi connectivity index (χ4n) is 2.62. The molecule has 22 heavy (non-hydrogen) atoms. The third-order valence-corrected chi connectivity index (χ3v) is 4.14. The molecule has 1 aromatic rings. The lowest BCUT2D eigenvalue weighted by Gasteiger charge is -2.17. The number of likely N-dealkylation sites (tertiary alicyclic amines) is 1. The third-order valence-electron chi connectivity index (χ3n) is 4.14. The van der Waals surface area contributed by atoms with Crippen molar-refractivity contribution in [1.82, 2.24) is 10.2 Å². The van der Waals surface area contributed by atoms with Crippen molar-refractivity contribution in [3.05, 3.63) is 35.4 Å². The summed E-state index contributed by atoms with van der Waals surface area (Å²) in [5.41, 5.74) is 8.59. The van der Waals surface area contributed by atoms with Crippen molar-refractivity contribution in [2.75, 3.05) is 13.1 Å². The third kappa shape index (κ3) is 5.97. The second kappa shape index (κ2) is 9.85. The van der Waals surface area contributed by atoms with Crippen LogP contribution in [0, 0.1) is 0 Å². The quantitative estimate of drug-likeness (QED) is 0.599. The molecule has 4 nitrogen and oxygen atoms in total. The molecule has 1 heterocycles. The number of nitrogens with two attached hydrogens (primary N) is 1. The molecule has 0 saturated carbocycles. The Morgan fingerprint density at radius 3 is 2.55 bits per heavy atom. The summed E-state index contributed by atoms with van der Waals surface area (Å²) < 4.78 is 0. The number of hydrogen-bond acceptors (Lipinski definition) is 2. The highest BCUT2D eigenvalue weighted by molar-refractivity contribution is 8.93. The number of hydrogen-bond donors (Lipinski definition) is 2. The topological polar surface area (TPSA) is 53.6 Å². The van der Waals surface area contributed by atoms with Crippen LogP contribution in [0.1, 0.15) is 44.2 Å². The SMILES string of the molecule is Br.CCC(C)NC(N)=NCc1ccccc1CN1CCCC1. The first-order valence-electron chi connectivity index (χ1n) is 8.04. The molecule has 1 aliphatic heterocycles. The second-order valence-electron chi connectivity index (χ2n) is 5.91. The van der Waals surface area contributed by atoms with Crippen LogP contribution in [0.25, 0.3) is 0 Å². The van der Waals surface area contributed by atoms with Gasteiger partial charge in [0.25, 0.3) is 0 Å². The van der Waals surface area contributed by atoms with E-state index in [1.54, 1.807) is 0 Å². The first kappa shape index (κ1) is 19.0. The van der Waals surface area contributed by atoms with Crippen LogP contribution in [0.2, 0.25) is 0 Å². The minimum atomic E-state index is 0. The summed E-state index contributed by atoms with van der Waals surface area (Å²) in [6.07, 6.45) is 3.69. The maximum Gasteiger partial charge on any atom is 0.189 e. The molecule has 0 bridgehead atoms. The number of rotatable bonds is 6. The van der Waals surface area contributed by atoms with Crippen LogP contribution in [0.4, 0.5) is 0 Å². The summed E-state index contributed by atoms with van der Waals surface area (Å²) in [6, 6.07) is 8.93. The molecule has 1 atom stereocenters. The monoisotopic (exact) mass is 368 g/mol. The van der Waals surface area contributed by atoms with Crippen LogP contribution in [0.3, 0.4) is 0 Å². The van der Waals surface area contributed by atoms with Gasteiger partial charge >= 0.3 is 0 Å². The molecule has 1 aliphatic rings. The Morgan fingerprint density at radius 2 is 1.91 bits per heavy atom. The first-order valence-corrected chi connectivity index (χ1v) is 8.04. The average Bonchev–Trinajstić information content (AvgIpc) is 2.99. The molecule has 2 rings (SSSR count). The van der Waals surface area contributed by atoms with E-state index < -0.39 is 0 Å². The maximum absolute atomic E-state index is 5.94. The minimum absolute atomic E-state index is 0. The van der Waals surface area contributed by atoms with Gasteiger partial charge in [0.05, 0.1) is 6.54 Å². The van der Waals surface area contributed by atoms with E-state index in [1.807, 2.05) is 0 Å². The van der Waals surface area contributed by atoms with Gasteiger partial charge in [-0.1, -0.05) is 31.2 Å². The molecule has 0 spiro atoms. The Morgan fingerprint density at radius 1 is 1.27 bits per heavy atom. The maximum atomic E-state index is 5.94. The van der Waals surface area contributed by atoms with E-state index in [-0.39, 0.29) is 17.0 Å². The fourth-order valence-corrected chi connectivity index (χ4v) is 2.62. The van der Waals surface area contributed by atoms with Gasteiger partial charge in [-0.15, -0.1) is 17.0 Å². The van der Waals surface area contributed by atoms with E-state index in [2.05, 4.69) is 53.3 Å². The highest BCUT2D eigenvalue weighted by Gasteiger charge is 2.13. The van der Waals surface area contributed by atoms with Gasteiger partial charge < -0.3 is 11.1 Å². The van der Waals surface area contributed by atoms with E-state index in [4.69, 9.17) is 5.73 Å². The van der Waals surface area contributed by atoms with Crippen LogP contribution in [-0.4, -0.2) is 30.0 Å². The van der Waals surface area contributed by atoms with Crippen LogP contribution in [-0.2, 0) is 13.1 Å². The molecular weight excluding hydrogens is 340 g/mol. The molecule has 1 unspecified atom stereocenters. The van der Waals surface area contributed by atoms with Crippen molar-refractivity contribution in [3.8, 4) is 0 Å². The van der Waals surface area contributed by atoms with Crippen molar-refractivity contribution in [2.45, 2.75) is 52.2 Å². The van der Waals surface area contributed by atoms with Gasteiger partial charge in [0.2, 0.25) is 0 Å². The van der Waals surface area contributed by atoms with Crippen molar-refractivity contribution < 1.29 is 0 Å². The van der Waals surface area contributed by atoms with Crippen LogP contribution in [0.15, 0.2) is 29.3 Å². The Kier molecular flexibility index (Phi) is 8.49. The molecule has 124 valence electrons. The van der Waals surface area contributed by atoms with Gasteiger partial charge in [-0.05, 0) is 50.4 Å². The van der Waals surface area contributed by atoms with E-state index in [1.165, 1.54) is 37.1 Å². The number of benzene rings is 1. The Hall–Kier alpha value is -1.07. The molecular formula is C17H29BrN4. The minimum Gasteiger partial charge on any atom is -0.370 e. The molecule has 1 saturated heterocycles. The second-order valence-corrected chi connectivity index (χ2v) is 5.91. The smallest absolute Gasteiger partial charge is 0.189 e. The highest BCUT2D eigenvalue weighted by atomic mass is 79.9. The van der Waals surface area contributed by atoms with Gasteiger partial charge in [-0.2, -0.15) is 0 Å². The zero-order valence-corrected chi connectivity index (χ0v) is 15.4. The molecule has 5 heteroatoms. The number of guanidine groups is 1. The summed E-state index contributed by atoms with van der Waals surface area (Å²) in [7, 11) is 0. The van der Waals surface area contributed by atoms with Gasteiger partial charge in [0.1, 0.15) is 0 Å². The van der Waals surface area contributed by atoms with E-state index in [0.29, 0.717) is 18.5 Å². The lowest BCUT2D eigenvalue weighted by atomic mass is 10.1. The summed E-state index contributed by atoms with van der Waals surface area (Å²) in [5.74, 6) is 0.542. The predicted octanol–water partition coefficient (Wildman–Crippen LogP) is 3.06. The predicted molar refractivity (Wildman–Crippen MR) is 99.5 cm³/mol. The summed E-state index contributed by atoms with van der Waals surface area (Å²) in [5, 5.41) is 3.21. The lowest BCUT2D eigenvalue weighted by molar-refractivity contribution is 0.330. The molecule has 0 radical (unpaired) electrons. The average molecular weight is 369 g/mol. The van der Waals surface area contributed by atoms with Crippen LogP contribution in [0.5, 0.6) is 0 Å². The summed E-state index contributed by atoms with van der Waals surface area (Å²) in [4.78, 5) is 7.00. The van der Waals surface area contributed by atoms with Crippen molar-refractivity contribution >= 4 is 22.9 Å². The molecule has 3 N–H and O–H groups in total. The van der Waals surface area contributed by atoms with Gasteiger partial charge in [-0.3, -0.25) is 4.90 Å². The molecule has 1 fully saturated rings. The van der Waals surface area contributed by atoms with E-state index in [9.17, 15) is 0 Å². The molecule has 1 aromatic carbocycles. The normalized spacial score (nSPS) is 17.1. The number of halogens is 1. The molecule has 0 aliphatic carbocycles. The van der Waals surface area contributed by atoms with E-state index in [0.717, 1.165) is 13.0 Å². The van der Waals surface area contributed by atoms with Gasteiger partial charge in [0.15, 0.2) is 5.96 Å². The van der Waals surface area contributed by atoms with Gasteiger partial charge in [-0.25, -0.2) is 4.99 Å². The first-order chi connectivity index (χ1) is 10.2. The summed E-state index contributed by atoms with van der Waals surface area (Å²) >= 11 is 0. The fraction of sp³-hybridized carbons (Fsp3) is 0.588. The van der Waals surface area contributed by atoms with E-state index >= 15 is 0 Å². The highest BCUT2D eigenvalue weighted by Crippen LogP contribution is 2.16. The van der Waals surface area contributed by atoms with Crippen molar-refractivity contribution in [3.63, 3.8) is 0 Å². The summed E-state index contributed by atoms with van der Waals surface area (Å²) in [6.45, 7) is 8.37. The van der Waals surface area contributed by atoms with Crippen molar-refractivity contribution in [2.24, 2.45) is 10.7 Å².